The molecule has 0 saturated carbocycles. The molecular weight excluding hydrogens is 426 g/mol. The van der Waals surface area contributed by atoms with Gasteiger partial charge >= 0.3 is 5.97 Å². The van der Waals surface area contributed by atoms with E-state index in [1.807, 2.05) is 21.6 Å². The van der Waals surface area contributed by atoms with E-state index < -0.39 is 5.97 Å². The average Bonchev–Trinajstić information content (AvgIpc) is 3.17. The fourth-order valence-electron chi connectivity index (χ4n) is 2.18. The fraction of sp³-hybridized carbons (Fsp3) is 0.765. The zero-order valence-corrected chi connectivity index (χ0v) is 18.8. The van der Waals surface area contributed by atoms with Gasteiger partial charge in [0.1, 0.15) is 0 Å². The average molecular weight is 454 g/mol. The Morgan fingerprint density at radius 2 is 1.70 bits per heavy atom. The van der Waals surface area contributed by atoms with E-state index in [2.05, 4.69) is 10.1 Å². The fourth-order valence-corrected chi connectivity index (χ4v) is 6.75. The second-order valence-electron chi connectivity index (χ2n) is 5.99. The minimum atomic E-state index is -0.445. The lowest BCUT2D eigenvalue weighted by molar-refractivity contribution is -0.137. The van der Waals surface area contributed by atoms with Crippen LogP contribution in [0.25, 0.3) is 0 Å². The first kappa shape index (κ1) is 24.7. The summed E-state index contributed by atoms with van der Waals surface area (Å²) in [5, 5.41) is 2.62. The molecular formula is C17H27NO5S4. The molecule has 0 spiro atoms. The molecule has 1 aliphatic rings. The van der Waals surface area contributed by atoms with Gasteiger partial charge in [-0.15, -0.1) is 0 Å². The van der Waals surface area contributed by atoms with Gasteiger partial charge in [-0.1, -0.05) is 51.5 Å². The van der Waals surface area contributed by atoms with Crippen molar-refractivity contribution in [3.63, 3.8) is 0 Å². The number of esters is 1. The van der Waals surface area contributed by atoms with Gasteiger partial charge < -0.3 is 10.1 Å². The lowest BCUT2D eigenvalue weighted by Gasteiger charge is -2.08. The first-order chi connectivity index (χ1) is 13.0. The van der Waals surface area contributed by atoms with E-state index in [0.29, 0.717) is 12.3 Å². The summed E-state index contributed by atoms with van der Waals surface area (Å²) in [6, 6.07) is 0. The van der Waals surface area contributed by atoms with Crippen LogP contribution in [0.1, 0.15) is 38.5 Å². The van der Waals surface area contributed by atoms with Crippen LogP contribution in [0.5, 0.6) is 0 Å². The smallest absolute Gasteiger partial charge is 0.316 e. The summed E-state index contributed by atoms with van der Waals surface area (Å²) in [6.45, 7) is 0.666. The van der Waals surface area contributed by atoms with Crippen molar-refractivity contribution >= 4 is 67.2 Å². The molecule has 0 aliphatic carbocycles. The lowest BCUT2D eigenvalue weighted by Crippen LogP contribution is -2.24. The number of thioether (sulfide) groups is 2. The van der Waals surface area contributed by atoms with Crippen molar-refractivity contribution in [2.24, 2.45) is 5.92 Å². The van der Waals surface area contributed by atoms with Gasteiger partial charge in [-0.25, -0.2) is 0 Å². The third-order valence-corrected chi connectivity index (χ3v) is 8.29. The molecule has 6 nitrogen and oxygen atoms in total. The van der Waals surface area contributed by atoms with E-state index >= 15 is 0 Å². The van der Waals surface area contributed by atoms with Crippen LogP contribution in [0, 0.1) is 5.92 Å². The third kappa shape index (κ3) is 13.5. The van der Waals surface area contributed by atoms with Crippen LogP contribution in [-0.2, 0) is 23.9 Å². The van der Waals surface area contributed by atoms with Crippen molar-refractivity contribution in [3.05, 3.63) is 0 Å². The molecule has 1 heterocycles. The normalized spacial score (nSPS) is 14.1. The summed E-state index contributed by atoms with van der Waals surface area (Å²) in [5.74, 6) is 3.12. The van der Waals surface area contributed by atoms with Crippen molar-refractivity contribution in [3.8, 4) is 0 Å². The van der Waals surface area contributed by atoms with Crippen LogP contribution >= 0.6 is 45.1 Å². The number of amides is 1. The van der Waals surface area contributed by atoms with Crippen LogP contribution in [-0.4, -0.2) is 58.8 Å². The van der Waals surface area contributed by atoms with Crippen LogP contribution < -0.4 is 5.32 Å². The van der Waals surface area contributed by atoms with Crippen molar-refractivity contribution in [2.75, 3.05) is 36.7 Å². The number of carbonyl (C=O) groups excluding carboxylic acids is 4. The molecule has 0 unspecified atom stereocenters. The van der Waals surface area contributed by atoms with E-state index in [4.69, 9.17) is 0 Å². The minimum Gasteiger partial charge on any atom is -0.468 e. The second kappa shape index (κ2) is 15.6. The summed E-state index contributed by atoms with van der Waals surface area (Å²) < 4.78 is 4.45. The zero-order valence-electron chi connectivity index (χ0n) is 15.5. The Morgan fingerprint density at radius 3 is 2.41 bits per heavy atom. The molecule has 1 fully saturated rings. The first-order valence-corrected chi connectivity index (χ1v) is 13.4. The molecule has 0 bridgehead atoms. The molecule has 1 N–H and O–H groups in total. The molecule has 154 valence electrons. The Bertz CT molecular complexity index is 498. The van der Waals surface area contributed by atoms with Crippen molar-refractivity contribution in [1.82, 2.24) is 5.32 Å². The van der Waals surface area contributed by atoms with Gasteiger partial charge in [-0.3, -0.25) is 19.2 Å². The summed E-state index contributed by atoms with van der Waals surface area (Å²) >= 11 is 1.95. The largest absolute Gasteiger partial charge is 0.468 e. The van der Waals surface area contributed by atoms with E-state index in [-0.39, 0.29) is 41.2 Å². The van der Waals surface area contributed by atoms with Gasteiger partial charge in [-0.05, 0) is 18.8 Å². The molecule has 1 aliphatic heterocycles. The highest BCUT2D eigenvalue weighted by Crippen LogP contribution is 2.36. The number of unbranched alkanes of at least 4 members (excludes halogenated alkanes) is 1. The lowest BCUT2D eigenvalue weighted by atomic mass is 10.1. The van der Waals surface area contributed by atoms with Crippen LogP contribution in [0.3, 0.4) is 0 Å². The summed E-state index contributed by atoms with van der Waals surface area (Å²) in [4.78, 5) is 46.0. The number of hydrogen-bond acceptors (Lipinski definition) is 9. The molecule has 0 aromatic rings. The van der Waals surface area contributed by atoms with E-state index in [0.717, 1.165) is 42.3 Å². The number of hydrogen-bond donors (Lipinski definition) is 1. The second-order valence-corrected chi connectivity index (χ2v) is 10.7. The maximum absolute atomic E-state index is 11.8. The number of carbonyl (C=O) groups is 4. The van der Waals surface area contributed by atoms with Crippen molar-refractivity contribution in [2.45, 2.75) is 38.5 Å². The third-order valence-electron chi connectivity index (χ3n) is 3.76. The Kier molecular flexibility index (Phi) is 14.3. The Hall–Kier alpha value is -0.320. The molecule has 1 saturated heterocycles. The molecule has 27 heavy (non-hydrogen) atoms. The molecule has 0 aromatic carbocycles. The molecule has 10 heteroatoms. The highest BCUT2D eigenvalue weighted by atomic mass is 33.1. The van der Waals surface area contributed by atoms with Crippen molar-refractivity contribution in [1.29, 1.82) is 0 Å². The predicted molar refractivity (Wildman–Crippen MR) is 116 cm³/mol. The monoisotopic (exact) mass is 453 g/mol. The standard InChI is InChI=1S/C17H27NO5S4/c1-23-15(20)12-25-17(22)7-9-24-16(21)6-5-14(19)18-8-3-2-4-13-10-26-27-11-13/h13H,2-12H2,1H3,(H,18,19). The SMILES string of the molecule is COC(=O)CSC(=O)CCSC(=O)CCC(=O)NCCCCC1CSSC1. The summed E-state index contributed by atoms with van der Waals surface area (Å²) in [5.41, 5.74) is 0. The van der Waals surface area contributed by atoms with Gasteiger partial charge in [0.2, 0.25) is 5.91 Å². The topological polar surface area (TPSA) is 89.5 Å². The minimum absolute atomic E-state index is 0.00724. The van der Waals surface area contributed by atoms with E-state index in [1.165, 1.54) is 25.0 Å². The first-order valence-electron chi connectivity index (χ1n) is 8.90. The van der Waals surface area contributed by atoms with Crippen LogP contribution in [0.4, 0.5) is 0 Å². The maximum Gasteiger partial charge on any atom is 0.316 e. The Balaban J connectivity index is 1.94. The van der Waals surface area contributed by atoms with Gasteiger partial charge in [0, 0.05) is 43.1 Å². The summed E-state index contributed by atoms with van der Waals surface area (Å²) in [6.07, 6.45) is 3.90. The van der Waals surface area contributed by atoms with Gasteiger partial charge in [0.05, 0.1) is 12.9 Å². The number of rotatable bonds is 13. The number of methoxy groups -OCH3 is 1. The molecule has 0 atom stereocenters. The zero-order chi connectivity index (χ0) is 19.9. The molecule has 1 rings (SSSR count). The highest BCUT2D eigenvalue weighted by molar-refractivity contribution is 8.77. The van der Waals surface area contributed by atoms with Gasteiger partial charge in [0.25, 0.3) is 0 Å². The maximum atomic E-state index is 11.8. The van der Waals surface area contributed by atoms with E-state index in [9.17, 15) is 19.2 Å². The molecule has 0 aromatic heterocycles. The van der Waals surface area contributed by atoms with Crippen LogP contribution in [0.15, 0.2) is 0 Å². The van der Waals surface area contributed by atoms with E-state index in [1.54, 1.807) is 0 Å². The predicted octanol–water partition coefficient (Wildman–Crippen LogP) is 3.15. The van der Waals surface area contributed by atoms with Gasteiger partial charge in [-0.2, -0.15) is 0 Å². The number of ether oxygens (including phenoxy) is 1. The highest BCUT2D eigenvalue weighted by Gasteiger charge is 2.15. The van der Waals surface area contributed by atoms with Crippen molar-refractivity contribution < 1.29 is 23.9 Å². The van der Waals surface area contributed by atoms with Gasteiger partial charge in [0.15, 0.2) is 10.2 Å². The quantitative estimate of drug-likeness (QED) is 0.256. The number of nitrogens with one attached hydrogen (secondary N) is 1. The molecule has 1 amide bonds. The summed E-state index contributed by atoms with van der Waals surface area (Å²) in [7, 11) is 5.16. The van der Waals surface area contributed by atoms with Crippen LogP contribution in [0.2, 0.25) is 0 Å². The Morgan fingerprint density at radius 1 is 1.00 bits per heavy atom. The molecule has 0 radical (unpaired) electrons. The Labute approximate surface area is 177 Å².